The first-order chi connectivity index (χ1) is 23.8. The van der Waals surface area contributed by atoms with E-state index in [9.17, 15) is 0 Å². The third-order valence-electron chi connectivity index (χ3n) is 11.4. The van der Waals surface area contributed by atoms with Crippen molar-refractivity contribution in [3.05, 3.63) is 126 Å². The van der Waals surface area contributed by atoms with Crippen molar-refractivity contribution in [2.24, 2.45) is 5.41 Å². The van der Waals surface area contributed by atoms with Crippen molar-refractivity contribution < 1.29 is 4.43 Å². The molecule has 0 aliphatic carbocycles. The van der Waals surface area contributed by atoms with Gasteiger partial charge in [0.2, 0.25) is 0 Å². The van der Waals surface area contributed by atoms with Crippen molar-refractivity contribution in [2.75, 3.05) is 38.2 Å². The summed E-state index contributed by atoms with van der Waals surface area (Å²) in [4.78, 5) is 2.67. The van der Waals surface area contributed by atoms with E-state index >= 15 is 0 Å². The second-order valence-electron chi connectivity index (χ2n) is 15.8. The average Bonchev–Trinajstić information content (AvgIpc) is 3.12. The number of benzene rings is 4. The summed E-state index contributed by atoms with van der Waals surface area (Å²) in [6.07, 6.45) is 9.71. The van der Waals surface area contributed by atoms with Gasteiger partial charge in [-0.2, -0.15) is 0 Å². The number of anilines is 1. The van der Waals surface area contributed by atoms with Crippen molar-refractivity contribution in [3.63, 3.8) is 0 Å². The lowest BCUT2D eigenvalue weighted by Crippen LogP contribution is -2.66. The zero-order valence-electron chi connectivity index (χ0n) is 30.6. The van der Waals surface area contributed by atoms with Gasteiger partial charge >= 0.3 is 0 Å². The summed E-state index contributed by atoms with van der Waals surface area (Å²) >= 11 is 0. The molecular formula is C44H59N3OSi. The van der Waals surface area contributed by atoms with Crippen LogP contribution in [-0.4, -0.2) is 51.0 Å². The fourth-order valence-electron chi connectivity index (χ4n) is 8.45. The molecule has 2 saturated heterocycles. The van der Waals surface area contributed by atoms with Crippen molar-refractivity contribution >= 4 is 24.4 Å². The van der Waals surface area contributed by atoms with E-state index in [1.807, 2.05) is 0 Å². The topological polar surface area (TPSA) is 27.7 Å². The Morgan fingerprint density at radius 2 is 1.31 bits per heavy atom. The number of nitrogens with zero attached hydrogens (tertiary/aromatic N) is 2. The monoisotopic (exact) mass is 673 g/mol. The molecule has 0 unspecified atom stereocenters. The Morgan fingerprint density at radius 1 is 0.714 bits per heavy atom. The zero-order valence-corrected chi connectivity index (χ0v) is 31.6. The first kappa shape index (κ1) is 35.6. The van der Waals surface area contributed by atoms with Crippen LogP contribution in [0.4, 0.5) is 5.69 Å². The molecule has 0 radical (unpaired) electrons. The van der Waals surface area contributed by atoms with Crippen LogP contribution in [0.1, 0.15) is 82.4 Å². The average molecular weight is 674 g/mol. The van der Waals surface area contributed by atoms with Gasteiger partial charge in [0.25, 0.3) is 8.32 Å². The molecule has 0 amide bonds. The van der Waals surface area contributed by atoms with E-state index in [0.717, 1.165) is 52.2 Å². The molecular weight excluding hydrogens is 615 g/mol. The molecule has 2 aliphatic rings. The molecule has 4 aromatic carbocycles. The summed E-state index contributed by atoms with van der Waals surface area (Å²) in [5, 5.41) is 5.16. The van der Waals surface area contributed by atoms with Gasteiger partial charge in [-0.1, -0.05) is 136 Å². The minimum Gasteiger partial charge on any atom is -0.407 e. The number of aryl methyl sites for hydroxylation is 2. The molecule has 4 aromatic rings. The minimum atomic E-state index is -2.59. The van der Waals surface area contributed by atoms with E-state index in [1.54, 1.807) is 0 Å². The van der Waals surface area contributed by atoms with Crippen LogP contribution in [0.15, 0.2) is 109 Å². The van der Waals surface area contributed by atoms with Gasteiger partial charge < -0.3 is 9.85 Å². The van der Waals surface area contributed by atoms with Gasteiger partial charge in [0, 0.05) is 26.2 Å². The van der Waals surface area contributed by atoms with Gasteiger partial charge in [0.1, 0.15) is 0 Å². The summed E-state index contributed by atoms with van der Waals surface area (Å²) in [7, 11) is -2.59. The first-order valence-electron chi connectivity index (χ1n) is 18.9. The van der Waals surface area contributed by atoms with Crippen molar-refractivity contribution in [3.8, 4) is 0 Å². The number of hydrogen-bond acceptors (Lipinski definition) is 4. The Hall–Kier alpha value is -3.22. The Balaban J connectivity index is 1.24. The molecule has 0 bridgehead atoms. The lowest BCUT2D eigenvalue weighted by atomic mass is 9.72. The van der Waals surface area contributed by atoms with Crippen molar-refractivity contribution in [1.29, 1.82) is 0 Å². The van der Waals surface area contributed by atoms with Crippen LogP contribution in [0.5, 0.6) is 0 Å². The van der Waals surface area contributed by atoms with Gasteiger partial charge in [0.15, 0.2) is 0 Å². The van der Waals surface area contributed by atoms with Gasteiger partial charge in [-0.05, 0) is 103 Å². The van der Waals surface area contributed by atoms with Crippen molar-refractivity contribution in [1.82, 2.24) is 9.91 Å². The maximum Gasteiger partial charge on any atom is 0.261 e. The highest BCUT2D eigenvalue weighted by molar-refractivity contribution is 6.99. The molecule has 6 rings (SSSR count). The molecule has 5 heteroatoms. The number of hydrogen-bond donors (Lipinski definition) is 1. The van der Waals surface area contributed by atoms with Crippen LogP contribution in [-0.2, 0) is 17.4 Å². The summed E-state index contributed by atoms with van der Waals surface area (Å²) in [6, 6.07) is 40.3. The summed E-state index contributed by atoms with van der Waals surface area (Å²) in [5.41, 5.74) is 9.60. The van der Waals surface area contributed by atoms with Crippen LogP contribution in [0.25, 0.3) is 0 Å². The Kier molecular flexibility index (Phi) is 11.8. The van der Waals surface area contributed by atoms with Crippen LogP contribution in [0.2, 0.25) is 5.04 Å². The highest BCUT2D eigenvalue weighted by Crippen LogP contribution is 2.42. The van der Waals surface area contributed by atoms with E-state index in [4.69, 9.17) is 4.43 Å². The van der Waals surface area contributed by atoms with E-state index in [2.05, 4.69) is 152 Å². The Labute approximate surface area is 298 Å². The minimum absolute atomic E-state index is 0.0154. The predicted molar refractivity (Wildman–Crippen MR) is 210 cm³/mol. The summed E-state index contributed by atoms with van der Waals surface area (Å²) in [6.45, 7) is 15.8. The van der Waals surface area contributed by atoms with Crippen LogP contribution >= 0.6 is 0 Å². The van der Waals surface area contributed by atoms with E-state index < -0.39 is 8.32 Å². The fourth-order valence-corrected chi connectivity index (χ4v) is 13.0. The molecule has 2 aliphatic heterocycles. The van der Waals surface area contributed by atoms with Gasteiger partial charge in [0.05, 0.1) is 5.69 Å². The third kappa shape index (κ3) is 8.75. The second-order valence-corrected chi connectivity index (χ2v) is 20.1. The van der Waals surface area contributed by atoms with Crippen LogP contribution in [0.3, 0.4) is 0 Å². The lowest BCUT2D eigenvalue weighted by Gasteiger charge is -2.46. The predicted octanol–water partition coefficient (Wildman–Crippen LogP) is 8.99. The number of nitrogens with one attached hydrogen (secondary N) is 1. The smallest absolute Gasteiger partial charge is 0.261 e. The largest absolute Gasteiger partial charge is 0.407 e. The molecule has 2 fully saturated rings. The number of piperidine rings is 2. The van der Waals surface area contributed by atoms with E-state index in [1.165, 1.54) is 71.3 Å². The van der Waals surface area contributed by atoms with Crippen LogP contribution in [0, 0.1) is 12.3 Å². The number of rotatable bonds is 13. The normalized spacial score (nSPS) is 17.6. The molecule has 4 nitrogen and oxygen atoms in total. The van der Waals surface area contributed by atoms with Gasteiger partial charge in [-0.15, -0.1) is 0 Å². The lowest BCUT2D eigenvalue weighted by molar-refractivity contribution is 0.0671. The first-order valence-corrected chi connectivity index (χ1v) is 20.8. The van der Waals surface area contributed by atoms with E-state index in [0.29, 0.717) is 0 Å². The maximum absolute atomic E-state index is 7.52. The third-order valence-corrected chi connectivity index (χ3v) is 16.4. The van der Waals surface area contributed by atoms with Gasteiger partial charge in [-0.25, -0.2) is 5.01 Å². The maximum atomic E-state index is 7.52. The number of likely N-dealkylation sites (tertiary alicyclic amines) is 1. The van der Waals surface area contributed by atoms with Gasteiger partial charge in [-0.3, -0.25) is 4.90 Å². The molecule has 0 aromatic heterocycles. The molecule has 0 spiro atoms. The van der Waals surface area contributed by atoms with Crippen LogP contribution < -0.4 is 15.8 Å². The zero-order chi connectivity index (χ0) is 34.2. The fraction of sp³-hybridized carbons (Fsp3) is 0.455. The molecule has 1 N–H and O–H groups in total. The Morgan fingerprint density at radius 3 is 1.90 bits per heavy atom. The molecule has 0 saturated carbocycles. The SMILES string of the molecule is Cc1ccc(NN2CCCCC2)c(CCC2(CCO[Si](c3ccccc3)(c3ccccc3)C(C)(C)C)CCN(Cc3ccccc3)CC2)c1. The number of hydrazine groups is 1. The summed E-state index contributed by atoms with van der Waals surface area (Å²) < 4.78 is 7.52. The molecule has 49 heavy (non-hydrogen) atoms. The quantitative estimate of drug-likeness (QED) is 0.143. The molecule has 260 valence electrons. The van der Waals surface area contributed by atoms with E-state index in [-0.39, 0.29) is 10.5 Å². The molecule has 0 atom stereocenters. The Bertz CT molecular complexity index is 1530. The highest BCUT2D eigenvalue weighted by atomic mass is 28.4. The second kappa shape index (κ2) is 16.2. The standard InChI is InChI=1S/C44H59N3OSi/c1-37-23-24-42(45-47-30-15-8-16-31-47)39(35-37)25-26-44(27-32-46(33-28-44)36-38-17-9-5-10-18-38)29-34-48-49(43(2,3)4,40-19-11-6-12-20-40)41-21-13-7-14-22-41/h5-7,9-14,17-24,35,45H,8,15-16,25-34,36H2,1-4H3. The summed E-state index contributed by atoms with van der Waals surface area (Å²) in [5.74, 6) is 0. The molecule has 2 heterocycles. The highest BCUT2D eigenvalue weighted by Gasteiger charge is 2.50. The van der Waals surface area contributed by atoms with Crippen molar-refractivity contribution in [2.45, 2.75) is 90.6 Å².